The van der Waals surface area contributed by atoms with E-state index < -0.39 is 11.7 Å². The molecule has 0 spiro atoms. The van der Waals surface area contributed by atoms with Crippen molar-refractivity contribution in [2.75, 3.05) is 6.54 Å². The van der Waals surface area contributed by atoms with Crippen molar-refractivity contribution in [3.63, 3.8) is 0 Å². The number of ketones is 1. The third-order valence-corrected chi connectivity index (χ3v) is 6.65. The number of carbonyl (C=O) groups is 2. The van der Waals surface area contributed by atoms with Crippen molar-refractivity contribution >= 4 is 17.6 Å². The minimum Gasteiger partial charge on any atom is -0.472 e. The fourth-order valence-electron chi connectivity index (χ4n) is 4.21. The second-order valence-corrected chi connectivity index (χ2v) is 10.7. The van der Waals surface area contributed by atoms with E-state index in [-0.39, 0.29) is 17.0 Å². The maximum absolute atomic E-state index is 13.2. The van der Waals surface area contributed by atoms with Gasteiger partial charge in [-0.1, -0.05) is 120 Å². The summed E-state index contributed by atoms with van der Waals surface area (Å²) in [5.41, 5.74) is 1.70. The first-order valence-corrected chi connectivity index (χ1v) is 13.3. The molecule has 2 aromatic carbocycles. The van der Waals surface area contributed by atoms with Crippen molar-refractivity contribution in [2.45, 2.75) is 84.2 Å². The normalized spacial score (nSPS) is 17.8. The van der Waals surface area contributed by atoms with E-state index in [1.165, 1.54) is 30.9 Å². The molecule has 37 heavy (non-hydrogen) atoms. The van der Waals surface area contributed by atoms with Gasteiger partial charge in [0.2, 0.25) is 5.78 Å². The molecule has 1 N–H and O–H groups in total. The van der Waals surface area contributed by atoms with Crippen molar-refractivity contribution < 1.29 is 19.2 Å². The largest absolute Gasteiger partial charge is 0.472 e. The van der Waals surface area contributed by atoms with Gasteiger partial charge >= 0.3 is 6.09 Å². The summed E-state index contributed by atoms with van der Waals surface area (Å²) in [5.74, 6) is 0.0736. The Morgan fingerprint density at radius 3 is 2.27 bits per heavy atom. The van der Waals surface area contributed by atoms with Crippen LogP contribution in [0.3, 0.4) is 0 Å². The van der Waals surface area contributed by atoms with Crippen LogP contribution in [-0.2, 0) is 25.4 Å². The van der Waals surface area contributed by atoms with Crippen LogP contribution in [0, 0.1) is 0 Å². The number of oxime groups is 1. The summed E-state index contributed by atoms with van der Waals surface area (Å²) < 4.78 is 6.24. The van der Waals surface area contributed by atoms with E-state index in [1.807, 2.05) is 54.6 Å². The second-order valence-electron chi connectivity index (χ2n) is 10.7. The van der Waals surface area contributed by atoms with E-state index in [2.05, 4.69) is 38.2 Å². The molecule has 0 aromatic heterocycles. The Bertz CT molecular complexity index is 1110. The molecule has 1 aliphatic rings. The molecule has 1 atom stereocenters. The highest BCUT2D eigenvalue weighted by Gasteiger charge is 2.43. The fourth-order valence-corrected chi connectivity index (χ4v) is 4.21. The Kier molecular flexibility index (Phi) is 9.67. The van der Waals surface area contributed by atoms with Crippen LogP contribution in [0.15, 0.2) is 71.6 Å². The maximum atomic E-state index is 13.2. The van der Waals surface area contributed by atoms with Gasteiger partial charge < -0.3 is 10.1 Å². The van der Waals surface area contributed by atoms with Gasteiger partial charge in [0.05, 0.1) is 0 Å². The van der Waals surface area contributed by atoms with Crippen LogP contribution in [0.25, 0.3) is 0 Å². The van der Waals surface area contributed by atoms with Gasteiger partial charge in [0.1, 0.15) is 0 Å². The SMILES string of the molecule is CCCCCCCCNC(=O)ON=C(C1=CC(=O)C(C)(c2ccc(C(C)(C)C)cc2)O1)c1ccccc1. The Morgan fingerprint density at radius 1 is 0.973 bits per heavy atom. The summed E-state index contributed by atoms with van der Waals surface area (Å²) in [4.78, 5) is 30.6. The molecule has 0 radical (unpaired) electrons. The first-order chi connectivity index (χ1) is 17.6. The third kappa shape index (κ3) is 7.54. The predicted molar refractivity (Wildman–Crippen MR) is 148 cm³/mol. The first kappa shape index (κ1) is 28.2. The molecule has 1 unspecified atom stereocenters. The molecule has 0 bridgehead atoms. The van der Waals surface area contributed by atoms with Crippen LogP contribution >= 0.6 is 0 Å². The highest BCUT2D eigenvalue weighted by molar-refractivity contribution is 6.16. The number of rotatable bonds is 11. The minimum absolute atomic E-state index is 0.00346. The van der Waals surface area contributed by atoms with Gasteiger partial charge in [0.25, 0.3) is 0 Å². The van der Waals surface area contributed by atoms with Crippen molar-refractivity contribution in [3.8, 4) is 0 Å². The van der Waals surface area contributed by atoms with Gasteiger partial charge in [-0.15, -0.1) is 0 Å². The summed E-state index contributed by atoms with van der Waals surface area (Å²) in [6.07, 6.45) is 7.60. The fraction of sp³-hybridized carbons (Fsp3) is 0.452. The average molecular weight is 505 g/mol. The van der Waals surface area contributed by atoms with Gasteiger partial charge in [-0.05, 0) is 24.3 Å². The zero-order chi connectivity index (χ0) is 26.9. The van der Waals surface area contributed by atoms with Gasteiger partial charge in [-0.2, -0.15) is 0 Å². The highest BCUT2D eigenvalue weighted by Crippen LogP contribution is 2.37. The van der Waals surface area contributed by atoms with Gasteiger partial charge in [0.15, 0.2) is 17.1 Å². The molecule has 3 rings (SSSR count). The second kappa shape index (κ2) is 12.7. The standard InChI is InChI=1S/C31H40N2O4/c1-6-7-8-9-10-14-21-32-29(35)37-33-28(23-15-12-11-13-16-23)26-22-27(34)31(5,36-26)25-19-17-24(18-20-25)30(2,3)4/h11-13,15-20,22H,6-10,14,21H2,1-5H3,(H,32,35). The molecule has 0 saturated carbocycles. The Morgan fingerprint density at radius 2 is 1.62 bits per heavy atom. The topological polar surface area (TPSA) is 77.0 Å². The zero-order valence-electron chi connectivity index (χ0n) is 22.8. The van der Waals surface area contributed by atoms with E-state index in [4.69, 9.17) is 9.57 Å². The molecular weight excluding hydrogens is 464 g/mol. The van der Waals surface area contributed by atoms with Gasteiger partial charge in [-0.25, -0.2) is 4.79 Å². The number of benzene rings is 2. The molecule has 6 nitrogen and oxygen atoms in total. The average Bonchev–Trinajstić information content (AvgIpc) is 3.18. The van der Waals surface area contributed by atoms with E-state index >= 15 is 0 Å². The monoisotopic (exact) mass is 504 g/mol. The zero-order valence-corrected chi connectivity index (χ0v) is 22.8. The first-order valence-electron chi connectivity index (χ1n) is 13.3. The lowest BCUT2D eigenvalue weighted by atomic mass is 9.84. The van der Waals surface area contributed by atoms with Crippen molar-refractivity contribution in [1.82, 2.24) is 5.32 Å². The molecule has 1 aliphatic heterocycles. The van der Waals surface area contributed by atoms with Crippen LogP contribution in [-0.4, -0.2) is 24.1 Å². The summed E-state index contributed by atoms with van der Waals surface area (Å²) >= 11 is 0. The lowest BCUT2D eigenvalue weighted by Gasteiger charge is -2.26. The molecule has 1 heterocycles. The van der Waals surface area contributed by atoms with Gasteiger partial charge in [0, 0.05) is 23.7 Å². The van der Waals surface area contributed by atoms with Crippen LogP contribution in [0.2, 0.25) is 0 Å². The molecule has 1 amide bonds. The quantitative estimate of drug-likeness (QED) is 0.152. The predicted octanol–water partition coefficient (Wildman–Crippen LogP) is 7.17. The number of nitrogens with one attached hydrogen (secondary N) is 1. The van der Waals surface area contributed by atoms with E-state index in [1.54, 1.807) is 6.92 Å². The lowest BCUT2D eigenvalue weighted by Crippen LogP contribution is -2.30. The summed E-state index contributed by atoms with van der Waals surface area (Å²) in [6.45, 7) is 10.9. The van der Waals surface area contributed by atoms with E-state index in [9.17, 15) is 9.59 Å². The highest BCUT2D eigenvalue weighted by atomic mass is 16.7. The molecule has 0 fully saturated rings. The number of allylic oxidation sites excluding steroid dienone is 1. The molecule has 2 aromatic rings. The van der Waals surface area contributed by atoms with Crippen LogP contribution < -0.4 is 5.32 Å². The number of amides is 1. The van der Waals surface area contributed by atoms with Crippen molar-refractivity contribution in [1.29, 1.82) is 0 Å². The number of ether oxygens (including phenoxy) is 1. The molecule has 0 aliphatic carbocycles. The summed E-state index contributed by atoms with van der Waals surface area (Å²) in [6, 6.07) is 17.2. The summed E-state index contributed by atoms with van der Waals surface area (Å²) in [5, 5.41) is 6.86. The Labute approximate surface area is 221 Å². The van der Waals surface area contributed by atoms with Crippen LogP contribution in [0.4, 0.5) is 4.79 Å². The lowest BCUT2D eigenvalue weighted by molar-refractivity contribution is -0.128. The molecule has 0 saturated heterocycles. The summed E-state index contributed by atoms with van der Waals surface area (Å²) in [7, 11) is 0. The Balaban J connectivity index is 1.71. The van der Waals surface area contributed by atoms with Crippen molar-refractivity contribution in [3.05, 3.63) is 83.1 Å². The molecular formula is C31H40N2O4. The van der Waals surface area contributed by atoms with Crippen LogP contribution in [0.5, 0.6) is 0 Å². The smallest absolute Gasteiger partial charge is 0.433 e. The number of unbranched alkanes of at least 4 members (excludes halogenated alkanes) is 5. The number of carbonyl (C=O) groups excluding carboxylic acids is 2. The van der Waals surface area contributed by atoms with E-state index in [0.29, 0.717) is 17.8 Å². The molecule has 198 valence electrons. The van der Waals surface area contributed by atoms with Gasteiger partial charge in [-0.3, -0.25) is 9.63 Å². The van der Waals surface area contributed by atoms with Crippen LogP contribution in [0.1, 0.15) is 89.8 Å². The number of nitrogens with zero attached hydrogens (tertiary/aromatic N) is 1. The molecule has 6 heteroatoms. The number of hydrogen-bond donors (Lipinski definition) is 1. The Hall–Kier alpha value is -3.41. The minimum atomic E-state index is -1.19. The van der Waals surface area contributed by atoms with E-state index in [0.717, 1.165) is 24.8 Å². The maximum Gasteiger partial charge on any atom is 0.433 e. The third-order valence-electron chi connectivity index (χ3n) is 6.65. The number of hydrogen-bond acceptors (Lipinski definition) is 5. The van der Waals surface area contributed by atoms with Crippen molar-refractivity contribution in [2.24, 2.45) is 5.16 Å².